The molecule has 9 heteroatoms. The number of carbonyl (C=O) groups excluding carboxylic acids is 4. The number of fused-ring (bicyclic) bond motifs is 3. The highest BCUT2D eigenvalue weighted by Gasteiger charge is 2.58. The quantitative estimate of drug-likeness (QED) is 0.435. The lowest BCUT2D eigenvalue weighted by Gasteiger charge is -2.46. The van der Waals surface area contributed by atoms with E-state index in [9.17, 15) is 39.6 Å². The van der Waals surface area contributed by atoms with Crippen LogP contribution in [0.2, 0.25) is 0 Å². The molecule has 0 fully saturated rings. The molecule has 0 heterocycles. The summed E-state index contributed by atoms with van der Waals surface area (Å²) in [6, 6.07) is 1.26. The molecule has 3 aliphatic carbocycles. The lowest BCUT2D eigenvalue weighted by atomic mass is 9.60. The fraction of sp³-hybridized carbons (Fsp3) is 0.391. The van der Waals surface area contributed by atoms with Crippen LogP contribution in [0.3, 0.4) is 0 Å². The number of ketones is 4. The topological polar surface area (TPSA) is 175 Å². The number of aromatic hydroxyl groups is 1. The largest absolute Gasteiger partial charge is 0.512 e. The first-order valence-corrected chi connectivity index (χ1v) is 10.2. The van der Waals surface area contributed by atoms with Crippen molar-refractivity contribution in [1.29, 1.82) is 0 Å². The van der Waals surface area contributed by atoms with Crippen LogP contribution in [-0.4, -0.2) is 55.7 Å². The molecule has 3 aliphatic rings. The first-order valence-electron chi connectivity index (χ1n) is 10.2. The molecule has 0 aliphatic heterocycles. The molecule has 3 atom stereocenters. The fourth-order valence-corrected chi connectivity index (χ4v) is 5.29. The molecule has 0 radical (unpaired) electrons. The summed E-state index contributed by atoms with van der Waals surface area (Å²) in [5.74, 6) is -6.06. The van der Waals surface area contributed by atoms with Gasteiger partial charge < -0.3 is 26.2 Å². The van der Waals surface area contributed by atoms with E-state index < -0.39 is 52.1 Å². The molecule has 1 aromatic carbocycles. The Hall–Kier alpha value is -3.30. The number of phenols is 1. The van der Waals surface area contributed by atoms with Gasteiger partial charge in [0, 0.05) is 35.6 Å². The van der Waals surface area contributed by atoms with Crippen LogP contribution in [0.15, 0.2) is 28.7 Å². The summed E-state index contributed by atoms with van der Waals surface area (Å²) in [7, 11) is 0. The number of nitrogens with two attached hydrogens (primary N) is 1. The normalized spacial score (nSPS) is 27.1. The number of hydrogen-bond acceptors (Lipinski definition) is 9. The average molecular weight is 441 g/mol. The van der Waals surface area contributed by atoms with Crippen LogP contribution < -0.4 is 5.73 Å². The summed E-state index contributed by atoms with van der Waals surface area (Å²) in [5.41, 5.74) is 2.50. The number of rotatable bonds is 3. The number of carbonyl (C=O) groups is 4. The number of aliphatic hydroxyl groups is 3. The van der Waals surface area contributed by atoms with Crippen molar-refractivity contribution in [3.05, 3.63) is 51.0 Å². The Morgan fingerprint density at radius 3 is 2.28 bits per heavy atom. The van der Waals surface area contributed by atoms with Gasteiger partial charge in [-0.05, 0) is 44.2 Å². The minimum Gasteiger partial charge on any atom is -0.512 e. The highest BCUT2D eigenvalue weighted by molar-refractivity contribution is 6.18. The molecule has 32 heavy (non-hydrogen) atoms. The molecule has 0 bridgehead atoms. The molecule has 0 aromatic heterocycles. The number of Topliss-reactive ketones (excluding diaryl/α,β-unsaturated/α-hetero) is 4. The maximum Gasteiger partial charge on any atom is 0.203 e. The van der Waals surface area contributed by atoms with Crippen molar-refractivity contribution in [2.45, 2.75) is 38.7 Å². The second-order valence-corrected chi connectivity index (χ2v) is 8.64. The Morgan fingerprint density at radius 1 is 1.09 bits per heavy atom. The summed E-state index contributed by atoms with van der Waals surface area (Å²) in [5, 5.41) is 43.1. The van der Waals surface area contributed by atoms with Crippen LogP contribution in [0.1, 0.15) is 63.3 Å². The van der Waals surface area contributed by atoms with E-state index in [2.05, 4.69) is 0 Å². The monoisotopic (exact) mass is 441 g/mol. The van der Waals surface area contributed by atoms with Gasteiger partial charge in [-0.25, -0.2) is 0 Å². The standard InChI is InChI=1S/C23H23NO8/c1-8(25)12-6-13(9(2)26)19(28)18-14(12)4-10-3-11-5-16(27)15(7-24)21(30)23(11,32)22(31)17(10)20(18)29/h6,10-11,27-28,31-32H,3-5,7,24H2,1-2H3/t10-,11?,23-/m1/s1. The van der Waals surface area contributed by atoms with Crippen LogP contribution >= 0.6 is 0 Å². The maximum absolute atomic E-state index is 13.5. The molecule has 9 nitrogen and oxygen atoms in total. The van der Waals surface area contributed by atoms with Crippen molar-refractivity contribution in [3.8, 4) is 5.75 Å². The Bertz CT molecular complexity index is 1190. The van der Waals surface area contributed by atoms with E-state index in [1.807, 2.05) is 0 Å². The van der Waals surface area contributed by atoms with Crippen molar-refractivity contribution in [3.63, 3.8) is 0 Å². The first kappa shape index (κ1) is 21.9. The van der Waals surface area contributed by atoms with Gasteiger partial charge in [-0.1, -0.05) is 0 Å². The van der Waals surface area contributed by atoms with Crippen LogP contribution in [-0.2, 0) is 11.2 Å². The zero-order valence-electron chi connectivity index (χ0n) is 17.6. The smallest absolute Gasteiger partial charge is 0.203 e. The summed E-state index contributed by atoms with van der Waals surface area (Å²) in [6.45, 7) is 2.10. The summed E-state index contributed by atoms with van der Waals surface area (Å²) >= 11 is 0. The zero-order valence-corrected chi connectivity index (χ0v) is 17.6. The van der Waals surface area contributed by atoms with Crippen LogP contribution in [0.25, 0.3) is 0 Å². The lowest BCUT2D eigenvalue weighted by Crippen LogP contribution is -2.56. The molecular formula is C23H23NO8. The maximum atomic E-state index is 13.5. The minimum atomic E-state index is -2.43. The Balaban J connectivity index is 1.97. The third kappa shape index (κ3) is 2.71. The van der Waals surface area contributed by atoms with Gasteiger partial charge in [0.1, 0.15) is 17.3 Å². The van der Waals surface area contributed by atoms with Gasteiger partial charge in [-0.15, -0.1) is 0 Å². The van der Waals surface area contributed by atoms with E-state index in [0.717, 1.165) is 0 Å². The van der Waals surface area contributed by atoms with Gasteiger partial charge >= 0.3 is 0 Å². The fourth-order valence-electron chi connectivity index (χ4n) is 5.29. The van der Waals surface area contributed by atoms with Gasteiger partial charge in [0.15, 0.2) is 23.0 Å². The number of allylic oxidation sites excluding steroid dienone is 2. The zero-order chi connectivity index (χ0) is 23.7. The third-order valence-corrected chi connectivity index (χ3v) is 6.89. The Labute approximate surface area is 182 Å². The second-order valence-electron chi connectivity index (χ2n) is 8.64. The van der Waals surface area contributed by atoms with E-state index in [1.165, 1.54) is 19.9 Å². The highest BCUT2D eigenvalue weighted by Crippen LogP contribution is 2.51. The number of benzene rings is 1. The molecule has 168 valence electrons. The molecule has 1 aromatic rings. The van der Waals surface area contributed by atoms with Gasteiger partial charge in [0.2, 0.25) is 5.78 Å². The Morgan fingerprint density at radius 2 is 1.72 bits per heavy atom. The Kier molecular flexibility index (Phi) is 4.87. The predicted octanol–water partition coefficient (Wildman–Crippen LogP) is 1.46. The second kappa shape index (κ2) is 7.11. The van der Waals surface area contributed by atoms with E-state index in [-0.39, 0.29) is 65.0 Å². The van der Waals surface area contributed by atoms with Crippen molar-refractivity contribution in [2.24, 2.45) is 17.6 Å². The van der Waals surface area contributed by atoms with Gasteiger partial charge in [0.25, 0.3) is 0 Å². The van der Waals surface area contributed by atoms with Crippen LogP contribution in [0.4, 0.5) is 0 Å². The number of aliphatic hydroxyl groups excluding tert-OH is 2. The van der Waals surface area contributed by atoms with Crippen LogP contribution in [0.5, 0.6) is 5.75 Å². The van der Waals surface area contributed by atoms with E-state index >= 15 is 0 Å². The van der Waals surface area contributed by atoms with Gasteiger partial charge in [0.05, 0.1) is 11.1 Å². The lowest BCUT2D eigenvalue weighted by molar-refractivity contribution is -0.142. The van der Waals surface area contributed by atoms with E-state index in [0.29, 0.717) is 0 Å². The van der Waals surface area contributed by atoms with Crippen molar-refractivity contribution >= 4 is 23.1 Å². The molecule has 1 unspecified atom stereocenters. The average Bonchev–Trinajstić information content (AvgIpc) is 2.70. The SMILES string of the molecule is CC(=O)c1cc(C(C)=O)c2c(c1O)C(=O)C1=C(O)[C@]3(O)C(=O)C(CN)=C(O)CC3C[C@@H]1C2. The molecule has 0 saturated carbocycles. The van der Waals surface area contributed by atoms with Crippen molar-refractivity contribution < 1.29 is 39.6 Å². The van der Waals surface area contributed by atoms with Gasteiger partial charge in [-0.3, -0.25) is 19.2 Å². The van der Waals surface area contributed by atoms with Gasteiger partial charge in [-0.2, -0.15) is 0 Å². The molecule has 0 amide bonds. The number of phenolic OH excluding ortho intramolecular Hbond substituents is 1. The highest BCUT2D eigenvalue weighted by atomic mass is 16.3. The summed E-state index contributed by atoms with van der Waals surface area (Å²) < 4.78 is 0. The van der Waals surface area contributed by atoms with E-state index in [1.54, 1.807) is 0 Å². The van der Waals surface area contributed by atoms with E-state index in [4.69, 9.17) is 5.73 Å². The number of hydrogen-bond donors (Lipinski definition) is 5. The predicted molar refractivity (Wildman–Crippen MR) is 111 cm³/mol. The summed E-state index contributed by atoms with van der Waals surface area (Å²) in [4.78, 5) is 50.6. The molecule has 0 saturated heterocycles. The molecule has 4 rings (SSSR count). The summed E-state index contributed by atoms with van der Waals surface area (Å²) in [6.07, 6.45) is 0.0230. The van der Waals surface area contributed by atoms with Crippen molar-refractivity contribution in [1.82, 2.24) is 0 Å². The molecule has 6 N–H and O–H groups in total. The van der Waals surface area contributed by atoms with Crippen molar-refractivity contribution in [2.75, 3.05) is 6.54 Å². The molecule has 0 spiro atoms. The first-order chi connectivity index (χ1) is 14.9. The minimum absolute atomic E-state index is 0.0656. The third-order valence-electron chi connectivity index (χ3n) is 6.89. The van der Waals surface area contributed by atoms with Crippen LogP contribution in [0, 0.1) is 11.8 Å². The molecular weight excluding hydrogens is 418 g/mol.